The smallest absolute Gasteiger partial charge is 0.423 e. The Bertz CT molecular complexity index is 1160. The fourth-order valence-corrected chi connectivity index (χ4v) is 3.08. The van der Waals surface area contributed by atoms with Crippen LogP contribution in [0.1, 0.15) is 16.7 Å². The summed E-state index contributed by atoms with van der Waals surface area (Å²) >= 11 is 0. The third kappa shape index (κ3) is 6.45. The molecule has 3 aromatic carbocycles. The predicted octanol–water partition coefficient (Wildman–Crippen LogP) is 6.04. The van der Waals surface area contributed by atoms with E-state index in [1.165, 1.54) is 0 Å². The van der Waals surface area contributed by atoms with Crippen molar-refractivity contribution in [1.82, 2.24) is 0 Å². The minimum atomic E-state index is -4.94. The number of hydrogen-bond acceptors (Lipinski definition) is 5. The van der Waals surface area contributed by atoms with Gasteiger partial charge in [0, 0.05) is 11.8 Å². The quantitative estimate of drug-likeness (QED) is 0.343. The first kappa shape index (κ1) is 23.6. The summed E-state index contributed by atoms with van der Waals surface area (Å²) in [5.41, 5.74) is -0.665. The Labute approximate surface area is 186 Å². The van der Waals surface area contributed by atoms with E-state index in [0.29, 0.717) is 29.4 Å². The molecule has 0 aliphatic heterocycles. The number of benzene rings is 3. The Morgan fingerprint density at radius 3 is 2.12 bits per heavy atom. The van der Waals surface area contributed by atoms with Gasteiger partial charge in [0.1, 0.15) is 22.8 Å². The Morgan fingerprint density at radius 2 is 1.55 bits per heavy atom. The van der Waals surface area contributed by atoms with Gasteiger partial charge in [-0.05, 0) is 73.5 Å². The molecule has 3 rings (SSSR count). The molecule has 0 aliphatic rings. The average molecular weight is 460 g/mol. The summed E-state index contributed by atoms with van der Waals surface area (Å²) in [7, 11) is 0. The van der Waals surface area contributed by atoms with Crippen molar-refractivity contribution >= 4 is 17.3 Å². The number of carbonyl (C=O) groups is 1. The maximum Gasteiger partial charge on any atom is 0.423 e. The molecule has 0 aromatic heterocycles. The highest BCUT2D eigenvalue weighted by molar-refractivity contribution is 5.92. The predicted molar refractivity (Wildman–Crippen MR) is 115 cm³/mol. The standard InChI is InChI=1S/C23H19F3N2O5/c1-14-9-15(2)11-19(10-14)33-18-6-4-17(5-7-18)32-13-22(29)27-16-3-8-21(28(30)31)20(12-16)23(24,25)26/h3-12H,13H2,1-2H3,(H,27,29). The minimum Gasteiger partial charge on any atom is -0.484 e. The number of ether oxygens (including phenoxy) is 2. The number of hydrogen-bond donors (Lipinski definition) is 1. The molecule has 0 radical (unpaired) electrons. The van der Waals surface area contributed by atoms with Gasteiger partial charge < -0.3 is 14.8 Å². The van der Waals surface area contributed by atoms with Crippen LogP contribution in [0.15, 0.2) is 60.7 Å². The van der Waals surface area contributed by atoms with Crippen LogP contribution in [0.25, 0.3) is 0 Å². The third-order valence-corrected chi connectivity index (χ3v) is 4.41. The van der Waals surface area contributed by atoms with Gasteiger partial charge in [0.25, 0.3) is 11.6 Å². The molecule has 0 spiro atoms. The number of halogens is 3. The van der Waals surface area contributed by atoms with E-state index in [0.717, 1.165) is 17.2 Å². The van der Waals surface area contributed by atoms with Crippen molar-refractivity contribution in [2.45, 2.75) is 20.0 Å². The number of nitro benzene ring substituents is 1. The van der Waals surface area contributed by atoms with Gasteiger partial charge in [0.2, 0.25) is 0 Å². The van der Waals surface area contributed by atoms with Crippen molar-refractivity contribution in [3.63, 3.8) is 0 Å². The van der Waals surface area contributed by atoms with Crippen molar-refractivity contribution in [2.75, 3.05) is 11.9 Å². The van der Waals surface area contributed by atoms with E-state index < -0.39 is 34.9 Å². The van der Waals surface area contributed by atoms with Crippen LogP contribution in [0, 0.1) is 24.0 Å². The topological polar surface area (TPSA) is 90.7 Å². The molecular formula is C23H19F3N2O5. The maximum atomic E-state index is 13.1. The molecule has 1 N–H and O–H groups in total. The molecule has 0 bridgehead atoms. The van der Waals surface area contributed by atoms with Crippen LogP contribution in [0.3, 0.4) is 0 Å². The number of nitro groups is 1. The lowest BCUT2D eigenvalue weighted by molar-refractivity contribution is -0.388. The Hall–Kier alpha value is -4.08. The molecule has 33 heavy (non-hydrogen) atoms. The molecule has 0 atom stereocenters. The van der Waals surface area contributed by atoms with Gasteiger partial charge in [-0.3, -0.25) is 14.9 Å². The fourth-order valence-electron chi connectivity index (χ4n) is 3.08. The number of carbonyl (C=O) groups excluding carboxylic acids is 1. The molecule has 0 saturated carbocycles. The molecule has 0 aliphatic carbocycles. The lowest BCUT2D eigenvalue weighted by Crippen LogP contribution is -2.20. The molecule has 7 nitrogen and oxygen atoms in total. The summed E-state index contributed by atoms with van der Waals surface area (Å²) in [6.07, 6.45) is -4.94. The molecular weight excluding hydrogens is 441 g/mol. The summed E-state index contributed by atoms with van der Waals surface area (Å²) in [5.74, 6) is 0.856. The van der Waals surface area contributed by atoms with Gasteiger partial charge in [-0.25, -0.2) is 0 Å². The van der Waals surface area contributed by atoms with E-state index in [9.17, 15) is 28.1 Å². The highest BCUT2D eigenvalue weighted by atomic mass is 19.4. The molecule has 0 fully saturated rings. The first-order chi connectivity index (χ1) is 15.5. The second-order valence-corrected chi connectivity index (χ2v) is 7.22. The molecule has 0 unspecified atom stereocenters. The lowest BCUT2D eigenvalue weighted by Gasteiger charge is -2.11. The van der Waals surface area contributed by atoms with E-state index in [1.54, 1.807) is 24.3 Å². The second-order valence-electron chi connectivity index (χ2n) is 7.22. The third-order valence-electron chi connectivity index (χ3n) is 4.41. The number of nitrogens with zero attached hydrogens (tertiary/aromatic N) is 1. The van der Waals surface area contributed by atoms with Gasteiger partial charge in [-0.15, -0.1) is 0 Å². The monoisotopic (exact) mass is 460 g/mol. The molecule has 0 saturated heterocycles. The number of anilines is 1. The normalized spacial score (nSPS) is 11.1. The van der Waals surface area contributed by atoms with Crippen molar-refractivity contribution in [1.29, 1.82) is 0 Å². The van der Waals surface area contributed by atoms with Crippen LogP contribution >= 0.6 is 0 Å². The Morgan fingerprint density at radius 1 is 0.939 bits per heavy atom. The average Bonchev–Trinajstić information content (AvgIpc) is 2.71. The largest absolute Gasteiger partial charge is 0.484 e. The first-order valence-corrected chi connectivity index (χ1v) is 9.66. The van der Waals surface area contributed by atoms with Crippen LogP contribution in [0.5, 0.6) is 17.2 Å². The van der Waals surface area contributed by atoms with Crippen molar-refractivity contribution < 1.29 is 32.4 Å². The highest BCUT2D eigenvalue weighted by Gasteiger charge is 2.38. The van der Waals surface area contributed by atoms with Crippen molar-refractivity contribution in [3.05, 3.63) is 87.5 Å². The zero-order valence-electron chi connectivity index (χ0n) is 17.6. The Balaban J connectivity index is 1.59. The number of alkyl halides is 3. The molecule has 0 heterocycles. The molecule has 10 heteroatoms. The molecule has 1 amide bonds. The summed E-state index contributed by atoms with van der Waals surface area (Å²) < 4.78 is 50.3. The van der Waals surface area contributed by atoms with Gasteiger partial charge in [0.15, 0.2) is 6.61 Å². The highest BCUT2D eigenvalue weighted by Crippen LogP contribution is 2.37. The molecule has 3 aromatic rings. The van der Waals surface area contributed by atoms with Crippen LogP contribution in [-0.4, -0.2) is 17.4 Å². The van der Waals surface area contributed by atoms with E-state index in [4.69, 9.17) is 9.47 Å². The summed E-state index contributed by atoms with van der Waals surface area (Å²) in [6, 6.07) is 14.5. The van der Waals surface area contributed by atoms with Crippen LogP contribution in [0.2, 0.25) is 0 Å². The zero-order valence-corrected chi connectivity index (χ0v) is 17.6. The van der Waals surface area contributed by atoms with Gasteiger partial charge in [0.05, 0.1) is 4.92 Å². The van der Waals surface area contributed by atoms with Crippen molar-refractivity contribution in [3.8, 4) is 17.2 Å². The Kier molecular flexibility index (Phi) is 6.86. The van der Waals surface area contributed by atoms with E-state index in [-0.39, 0.29) is 5.69 Å². The summed E-state index contributed by atoms with van der Waals surface area (Å²) in [6.45, 7) is 3.44. The minimum absolute atomic E-state index is 0.237. The zero-order chi connectivity index (χ0) is 24.2. The van der Waals surface area contributed by atoms with E-state index in [1.807, 2.05) is 32.0 Å². The van der Waals surface area contributed by atoms with Gasteiger partial charge in [-0.1, -0.05) is 6.07 Å². The van der Waals surface area contributed by atoms with E-state index in [2.05, 4.69) is 5.32 Å². The first-order valence-electron chi connectivity index (χ1n) is 9.66. The number of rotatable bonds is 7. The maximum absolute atomic E-state index is 13.1. The SMILES string of the molecule is Cc1cc(C)cc(Oc2ccc(OCC(=O)Nc3ccc([N+](=O)[O-])c(C(F)(F)F)c3)cc2)c1. The van der Waals surface area contributed by atoms with Crippen LogP contribution in [0.4, 0.5) is 24.5 Å². The fraction of sp³-hybridized carbons (Fsp3) is 0.174. The van der Waals surface area contributed by atoms with Gasteiger partial charge >= 0.3 is 6.18 Å². The summed E-state index contributed by atoms with van der Waals surface area (Å²) in [5, 5.41) is 13.0. The lowest BCUT2D eigenvalue weighted by atomic mass is 10.1. The molecule has 172 valence electrons. The van der Waals surface area contributed by atoms with Crippen LogP contribution in [-0.2, 0) is 11.0 Å². The number of nitrogens with one attached hydrogen (secondary N) is 1. The summed E-state index contributed by atoms with van der Waals surface area (Å²) in [4.78, 5) is 21.7. The van der Waals surface area contributed by atoms with Crippen LogP contribution < -0.4 is 14.8 Å². The van der Waals surface area contributed by atoms with Gasteiger partial charge in [-0.2, -0.15) is 13.2 Å². The van der Waals surface area contributed by atoms with E-state index >= 15 is 0 Å². The number of amides is 1. The second kappa shape index (κ2) is 9.60. The number of aryl methyl sites for hydroxylation is 2. The van der Waals surface area contributed by atoms with Crippen molar-refractivity contribution in [2.24, 2.45) is 0 Å².